The number of fused-ring (bicyclic) bond motifs is 2. The molecule has 0 unspecified atom stereocenters. The standard InChI is InChI=1S/C32H45N3O9S/c1-32(2,13-7-14-33)21-34(45(39,40)28-11-6-10-27-29(28)42-17-16-41-27)19-26(36)24(18-22-8-4-3-5-9-22)35(31(37)38)25-20-44-30-23(25)12-15-43-30/h3-6,8-11,23-26,30,36H,7,12-21,33H2,1-2H3,(H,37,38)/t23-,24-,25-,26+,30+/m0/s1. The SMILES string of the molecule is CC(C)(CCCN)CN(C[C@@H](O)[C@H](Cc1ccccc1)N(C(=O)O)[C@H]1CO[C@H]2OCC[C@H]21)S(=O)(=O)c1cccc2c1OCCO2. The number of nitrogens with two attached hydrogens (primary N) is 1. The number of hydrogen-bond acceptors (Lipinski definition) is 9. The van der Waals surface area contributed by atoms with Gasteiger partial charge in [-0.1, -0.05) is 50.2 Å². The van der Waals surface area contributed by atoms with Crippen molar-refractivity contribution < 1.29 is 42.4 Å². The highest BCUT2D eigenvalue weighted by Crippen LogP contribution is 2.40. The molecule has 2 saturated heterocycles. The Morgan fingerprint density at radius 2 is 1.82 bits per heavy atom. The van der Waals surface area contributed by atoms with E-state index in [0.717, 1.165) is 5.56 Å². The number of amides is 1. The van der Waals surface area contributed by atoms with Crippen LogP contribution in [0.3, 0.4) is 0 Å². The summed E-state index contributed by atoms with van der Waals surface area (Å²) in [5.41, 5.74) is 6.09. The van der Waals surface area contributed by atoms with Gasteiger partial charge < -0.3 is 34.9 Å². The van der Waals surface area contributed by atoms with Gasteiger partial charge in [0.1, 0.15) is 18.1 Å². The molecule has 0 spiro atoms. The molecule has 0 bridgehead atoms. The maximum Gasteiger partial charge on any atom is 0.407 e. The lowest BCUT2D eigenvalue weighted by Gasteiger charge is -2.40. The smallest absolute Gasteiger partial charge is 0.407 e. The monoisotopic (exact) mass is 647 g/mol. The number of carboxylic acid groups (broad SMARTS) is 1. The van der Waals surface area contributed by atoms with Crippen molar-refractivity contribution in [3.05, 3.63) is 54.1 Å². The Bertz CT molecular complexity index is 1410. The zero-order chi connectivity index (χ0) is 32.2. The van der Waals surface area contributed by atoms with Gasteiger partial charge in [0, 0.05) is 19.0 Å². The summed E-state index contributed by atoms with van der Waals surface area (Å²) < 4.78 is 53.1. The highest BCUT2D eigenvalue weighted by Gasteiger charge is 2.49. The summed E-state index contributed by atoms with van der Waals surface area (Å²) in [5, 5.41) is 22.6. The van der Waals surface area contributed by atoms with Crippen molar-refractivity contribution in [2.75, 3.05) is 46.1 Å². The molecule has 5 rings (SSSR count). The number of aliphatic hydroxyl groups excluding tert-OH is 1. The Labute approximate surface area is 265 Å². The average molecular weight is 648 g/mol. The second-order valence-corrected chi connectivity index (χ2v) is 14.6. The number of carbonyl (C=O) groups is 1. The fraction of sp³-hybridized carbons (Fsp3) is 0.594. The van der Waals surface area contributed by atoms with Crippen molar-refractivity contribution >= 4 is 16.1 Å². The van der Waals surface area contributed by atoms with Gasteiger partial charge in [-0.25, -0.2) is 13.2 Å². The minimum absolute atomic E-state index is 0.0626. The van der Waals surface area contributed by atoms with Crippen LogP contribution in [-0.2, 0) is 25.9 Å². The van der Waals surface area contributed by atoms with Crippen LogP contribution in [0.5, 0.6) is 11.5 Å². The Kier molecular flexibility index (Phi) is 10.6. The second-order valence-electron chi connectivity index (χ2n) is 12.7. The summed E-state index contributed by atoms with van der Waals surface area (Å²) in [6.07, 6.45) is -0.962. The third-order valence-electron chi connectivity index (χ3n) is 8.88. The van der Waals surface area contributed by atoms with Crippen molar-refractivity contribution in [2.24, 2.45) is 17.1 Å². The van der Waals surface area contributed by atoms with Crippen molar-refractivity contribution in [3.63, 3.8) is 0 Å². The van der Waals surface area contributed by atoms with E-state index in [1.54, 1.807) is 12.1 Å². The number of aliphatic hydroxyl groups is 1. The number of hydrogen-bond donors (Lipinski definition) is 3. The first-order valence-electron chi connectivity index (χ1n) is 15.6. The number of benzene rings is 2. The van der Waals surface area contributed by atoms with Crippen LogP contribution in [0.1, 0.15) is 38.7 Å². The molecule has 12 nitrogen and oxygen atoms in total. The molecular weight excluding hydrogens is 602 g/mol. The summed E-state index contributed by atoms with van der Waals surface area (Å²) in [4.78, 5) is 14.2. The van der Waals surface area contributed by atoms with Crippen molar-refractivity contribution in [3.8, 4) is 11.5 Å². The molecule has 5 atom stereocenters. The fourth-order valence-electron chi connectivity index (χ4n) is 6.64. The van der Waals surface area contributed by atoms with Crippen molar-refractivity contribution in [1.29, 1.82) is 0 Å². The molecular formula is C32H45N3O9S. The van der Waals surface area contributed by atoms with Crippen LogP contribution in [0.15, 0.2) is 53.4 Å². The van der Waals surface area contributed by atoms with Crippen LogP contribution in [0, 0.1) is 11.3 Å². The van der Waals surface area contributed by atoms with Crippen LogP contribution < -0.4 is 15.2 Å². The Balaban J connectivity index is 1.52. The molecule has 4 N–H and O–H groups in total. The maximum absolute atomic E-state index is 14.5. The molecule has 13 heteroatoms. The van der Waals surface area contributed by atoms with Gasteiger partial charge in [0.15, 0.2) is 17.8 Å². The average Bonchev–Trinajstić information content (AvgIpc) is 3.64. The largest absolute Gasteiger partial charge is 0.486 e. The lowest BCUT2D eigenvalue weighted by molar-refractivity contribution is -0.0906. The Morgan fingerprint density at radius 3 is 2.56 bits per heavy atom. The lowest BCUT2D eigenvalue weighted by Crippen LogP contribution is -2.58. The number of sulfonamides is 1. The highest BCUT2D eigenvalue weighted by atomic mass is 32.2. The molecule has 3 aliphatic heterocycles. The summed E-state index contributed by atoms with van der Waals surface area (Å²) in [5.74, 6) is 0.278. The second kappa shape index (κ2) is 14.2. The Hall–Kier alpha value is -2.94. The fourth-order valence-corrected chi connectivity index (χ4v) is 8.43. The summed E-state index contributed by atoms with van der Waals surface area (Å²) in [6, 6.07) is 12.5. The van der Waals surface area contributed by atoms with Crippen molar-refractivity contribution in [2.45, 2.75) is 68.9 Å². The first-order valence-corrected chi connectivity index (χ1v) is 17.0. The highest BCUT2D eigenvalue weighted by molar-refractivity contribution is 7.89. The van der Waals surface area contributed by atoms with Crippen LogP contribution in [-0.4, -0.2) is 104 Å². The van der Waals surface area contributed by atoms with E-state index in [4.69, 9.17) is 24.7 Å². The molecule has 2 aromatic rings. The topological polar surface area (TPSA) is 161 Å². The van der Waals surface area contributed by atoms with Gasteiger partial charge in [0.05, 0.1) is 31.4 Å². The van der Waals surface area contributed by atoms with E-state index in [1.165, 1.54) is 15.3 Å². The number of ether oxygens (including phenoxy) is 4. The molecule has 0 aliphatic carbocycles. The maximum atomic E-state index is 14.5. The molecule has 3 aliphatic rings. The third-order valence-corrected chi connectivity index (χ3v) is 10.7. The first kappa shape index (κ1) is 33.4. The molecule has 0 radical (unpaired) electrons. The van der Waals surface area contributed by atoms with Gasteiger partial charge in [-0.15, -0.1) is 0 Å². The molecule has 3 heterocycles. The Morgan fingerprint density at radius 1 is 1.07 bits per heavy atom. The minimum atomic E-state index is -4.25. The van der Waals surface area contributed by atoms with E-state index in [9.17, 15) is 23.4 Å². The van der Waals surface area contributed by atoms with Crippen LogP contribution in [0.25, 0.3) is 0 Å². The number of rotatable bonds is 14. The van der Waals surface area contributed by atoms with E-state index in [2.05, 4.69) is 0 Å². The van der Waals surface area contributed by atoms with Gasteiger partial charge in [-0.05, 0) is 55.3 Å². The van der Waals surface area contributed by atoms with Gasteiger partial charge in [0.2, 0.25) is 10.0 Å². The molecule has 248 valence electrons. The number of para-hydroxylation sites is 1. The van der Waals surface area contributed by atoms with Crippen LogP contribution >= 0.6 is 0 Å². The third kappa shape index (κ3) is 7.55. The normalized spacial score (nSPS) is 22.6. The summed E-state index contributed by atoms with van der Waals surface area (Å²) in [7, 11) is -4.25. The van der Waals surface area contributed by atoms with E-state index in [1.807, 2.05) is 44.2 Å². The predicted octanol–water partition coefficient (Wildman–Crippen LogP) is 2.93. The summed E-state index contributed by atoms with van der Waals surface area (Å²) in [6.45, 7) is 5.17. The van der Waals surface area contributed by atoms with Crippen molar-refractivity contribution in [1.82, 2.24) is 9.21 Å². The molecule has 45 heavy (non-hydrogen) atoms. The van der Waals surface area contributed by atoms with Gasteiger partial charge in [0.25, 0.3) is 0 Å². The van der Waals surface area contributed by atoms with E-state index < -0.39 is 46.0 Å². The number of nitrogens with zero attached hydrogens (tertiary/aromatic N) is 2. The van der Waals surface area contributed by atoms with Crippen LogP contribution in [0.4, 0.5) is 4.79 Å². The van der Waals surface area contributed by atoms with Gasteiger partial charge in [-0.2, -0.15) is 4.31 Å². The van der Waals surface area contributed by atoms with E-state index in [-0.39, 0.29) is 49.3 Å². The van der Waals surface area contributed by atoms with Crippen LogP contribution in [0.2, 0.25) is 0 Å². The quantitative estimate of drug-likeness (QED) is 0.278. The van der Waals surface area contributed by atoms with E-state index in [0.29, 0.717) is 44.8 Å². The van der Waals surface area contributed by atoms with Gasteiger partial charge in [-0.3, -0.25) is 4.90 Å². The minimum Gasteiger partial charge on any atom is -0.486 e. The molecule has 1 amide bonds. The lowest BCUT2D eigenvalue weighted by atomic mass is 9.87. The first-order chi connectivity index (χ1) is 21.5. The summed E-state index contributed by atoms with van der Waals surface area (Å²) >= 11 is 0. The molecule has 0 saturated carbocycles. The predicted molar refractivity (Wildman–Crippen MR) is 166 cm³/mol. The zero-order valence-electron chi connectivity index (χ0n) is 25.9. The van der Waals surface area contributed by atoms with E-state index >= 15 is 0 Å². The molecule has 2 fully saturated rings. The zero-order valence-corrected chi connectivity index (χ0v) is 26.7. The molecule has 2 aromatic carbocycles. The molecule has 0 aromatic heterocycles. The van der Waals surface area contributed by atoms with Gasteiger partial charge >= 0.3 is 6.09 Å².